The molecule has 3 aliphatic carbocycles. The number of hydrogen-bond acceptors (Lipinski definition) is 0. The molecule has 0 nitrogen and oxygen atoms in total. The van der Waals surface area contributed by atoms with Gasteiger partial charge in [-0.2, -0.15) is 0 Å². The minimum absolute atomic E-state index is 0.608. The zero-order chi connectivity index (χ0) is 15.7. The van der Waals surface area contributed by atoms with Crippen molar-refractivity contribution in [2.75, 3.05) is 0 Å². The maximum Gasteiger partial charge on any atom is -0.0295 e. The lowest BCUT2D eigenvalue weighted by Crippen LogP contribution is -2.46. The van der Waals surface area contributed by atoms with Gasteiger partial charge in [0.1, 0.15) is 0 Å². The van der Waals surface area contributed by atoms with Gasteiger partial charge in [-0.3, -0.25) is 0 Å². The number of fused-ring (bicyclic) bond motifs is 3. The van der Waals surface area contributed by atoms with Crippen LogP contribution in [0.4, 0.5) is 0 Å². The van der Waals surface area contributed by atoms with Crippen molar-refractivity contribution in [1.82, 2.24) is 0 Å². The molecular weight excluding hydrogens is 252 g/mol. The molecule has 3 fully saturated rings. The summed E-state index contributed by atoms with van der Waals surface area (Å²) >= 11 is 0. The monoisotopic (exact) mass is 292 g/mol. The van der Waals surface area contributed by atoms with E-state index in [9.17, 15) is 0 Å². The molecule has 5 atom stereocenters. The molecule has 124 valence electrons. The van der Waals surface area contributed by atoms with Crippen molar-refractivity contribution in [3.63, 3.8) is 0 Å². The van der Waals surface area contributed by atoms with Crippen LogP contribution in [-0.4, -0.2) is 0 Å². The quantitative estimate of drug-likeness (QED) is 0.447. The Labute approximate surface area is 134 Å². The molecule has 3 rings (SSSR count). The molecule has 0 radical (unpaired) electrons. The smallest absolute Gasteiger partial charge is 0.0295 e. The van der Waals surface area contributed by atoms with E-state index in [0.29, 0.717) is 10.8 Å². The Morgan fingerprint density at radius 1 is 0.762 bits per heavy atom. The Balaban J connectivity index is 0.000000774. The van der Waals surface area contributed by atoms with Gasteiger partial charge in [0.05, 0.1) is 0 Å². The van der Waals surface area contributed by atoms with Gasteiger partial charge in [-0.05, 0) is 73.0 Å². The van der Waals surface area contributed by atoms with Crippen LogP contribution < -0.4 is 0 Å². The lowest BCUT2D eigenvalue weighted by atomic mass is 9.50. The highest BCUT2D eigenvalue weighted by atomic mass is 14.5. The van der Waals surface area contributed by atoms with Crippen molar-refractivity contribution >= 4 is 0 Å². The molecule has 0 aromatic rings. The first kappa shape index (κ1) is 17.4. The Hall–Kier alpha value is 0. The summed E-state index contributed by atoms with van der Waals surface area (Å²) in [6.45, 7) is 14.4. The van der Waals surface area contributed by atoms with E-state index in [0.717, 1.165) is 23.7 Å². The Bertz CT molecular complexity index is 329. The van der Waals surface area contributed by atoms with E-state index in [1.54, 1.807) is 6.42 Å². The third-order valence-electron chi connectivity index (χ3n) is 7.80. The van der Waals surface area contributed by atoms with Crippen LogP contribution in [0.25, 0.3) is 0 Å². The van der Waals surface area contributed by atoms with Crippen LogP contribution in [0.2, 0.25) is 0 Å². The molecule has 0 aromatic heterocycles. The first-order valence-corrected chi connectivity index (χ1v) is 9.93. The van der Waals surface area contributed by atoms with Crippen molar-refractivity contribution in [2.24, 2.45) is 34.5 Å². The molecule has 0 aromatic carbocycles. The van der Waals surface area contributed by atoms with Crippen LogP contribution in [-0.2, 0) is 0 Å². The third-order valence-corrected chi connectivity index (χ3v) is 7.80. The lowest BCUT2D eigenvalue weighted by molar-refractivity contribution is -0.0552. The van der Waals surface area contributed by atoms with Crippen molar-refractivity contribution in [3.05, 3.63) is 0 Å². The summed E-state index contributed by atoms with van der Waals surface area (Å²) in [5, 5.41) is 0. The molecule has 0 spiro atoms. The Morgan fingerprint density at radius 3 is 2.19 bits per heavy atom. The van der Waals surface area contributed by atoms with E-state index in [-0.39, 0.29) is 0 Å². The van der Waals surface area contributed by atoms with Gasteiger partial charge in [-0.1, -0.05) is 60.8 Å². The average Bonchev–Trinajstić information content (AvgIpc) is 2.45. The third kappa shape index (κ3) is 3.20. The molecule has 5 unspecified atom stereocenters. The normalized spacial score (nSPS) is 45.4. The summed E-state index contributed by atoms with van der Waals surface area (Å²) in [7, 11) is 0. The van der Waals surface area contributed by atoms with Crippen LogP contribution in [0.15, 0.2) is 0 Å². The fourth-order valence-corrected chi connectivity index (χ4v) is 6.18. The minimum atomic E-state index is 0.608. The van der Waals surface area contributed by atoms with Crippen molar-refractivity contribution in [2.45, 2.75) is 99.3 Å². The van der Waals surface area contributed by atoms with Crippen LogP contribution >= 0.6 is 0 Å². The summed E-state index contributed by atoms with van der Waals surface area (Å²) in [6.07, 6.45) is 13.6. The molecule has 3 aliphatic rings. The summed E-state index contributed by atoms with van der Waals surface area (Å²) in [6, 6.07) is 0. The predicted molar refractivity (Wildman–Crippen MR) is 94.4 cm³/mol. The second-order valence-corrected chi connectivity index (χ2v) is 9.05. The maximum atomic E-state index is 2.63. The van der Waals surface area contributed by atoms with Crippen molar-refractivity contribution in [1.29, 1.82) is 0 Å². The molecule has 3 saturated carbocycles. The first-order valence-electron chi connectivity index (χ1n) is 9.93. The van der Waals surface area contributed by atoms with Gasteiger partial charge in [0.15, 0.2) is 0 Å². The highest BCUT2D eigenvalue weighted by Crippen LogP contribution is 2.59. The van der Waals surface area contributed by atoms with Gasteiger partial charge in [0.2, 0.25) is 0 Å². The summed E-state index contributed by atoms with van der Waals surface area (Å²) in [5.41, 5.74) is 1.30. The summed E-state index contributed by atoms with van der Waals surface area (Å²) in [5.74, 6) is 4.01. The van der Waals surface area contributed by atoms with E-state index in [1.165, 1.54) is 51.4 Å². The number of rotatable bonds is 0. The SMILES string of the molecule is CC.CC1CCC2CC3CCCCC3(C)CCC1C2(C)C. The van der Waals surface area contributed by atoms with Crippen LogP contribution in [0.5, 0.6) is 0 Å². The standard InChI is InChI=1S/C19H34.C2H6/c1-14-8-9-15-13-16-7-5-6-11-19(16,4)12-10-17(14)18(15,2)3;1-2/h14-17H,5-13H2,1-4H3;1-2H3. The van der Waals surface area contributed by atoms with Gasteiger partial charge in [-0.15, -0.1) is 0 Å². The zero-order valence-corrected chi connectivity index (χ0v) is 15.7. The van der Waals surface area contributed by atoms with Crippen molar-refractivity contribution < 1.29 is 0 Å². The van der Waals surface area contributed by atoms with Crippen molar-refractivity contribution in [3.8, 4) is 0 Å². The zero-order valence-electron chi connectivity index (χ0n) is 15.7. The van der Waals surface area contributed by atoms with Gasteiger partial charge in [-0.25, -0.2) is 0 Å². The molecule has 21 heavy (non-hydrogen) atoms. The van der Waals surface area contributed by atoms with E-state index in [4.69, 9.17) is 0 Å². The molecular formula is C21H40. The molecule has 0 N–H and O–H groups in total. The van der Waals surface area contributed by atoms with E-state index >= 15 is 0 Å². The van der Waals surface area contributed by atoms with E-state index in [1.807, 2.05) is 13.8 Å². The molecule has 0 saturated heterocycles. The molecule has 2 bridgehead atoms. The van der Waals surface area contributed by atoms with Crippen LogP contribution in [0.1, 0.15) is 99.3 Å². The van der Waals surface area contributed by atoms with Crippen LogP contribution in [0.3, 0.4) is 0 Å². The first-order chi connectivity index (χ1) is 9.93. The summed E-state index contributed by atoms with van der Waals surface area (Å²) < 4.78 is 0. The van der Waals surface area contributed by atoms with Crippen LogP contribution in [0, 0.1) is 34.5 Å². The second-order valence-electron chi connectivity index (χ2n) is 9.05. The fraction of sp³-hybridized carbons (Fsp3) is 1.00. The predicted octanol–water partition coefficient (Wildman–Crippen LogP) is 7.08. The maximum absolute atomic E-state index is 2.63. The van der Waals surface area contributed by atoms with Gasteiger partial charge >= 0.3 is 0 Å². The van der Waals surface area contributed by atoms with Gasteiger partial charge < -0.3 is 0 Å². The summed E-state index contributed by atoms with van der Waals surface area (Å²) in [4.78, 5) is 0. The average molecular weight is 293 g/mol. The van der Waals surface area contributed by atoms with Gasteiger partial charge in [0, 0.05) is 0 Å². The molecule has 0 aliphatic heterocycles. The minimum Gasteiger partial charge on any atom is -0.0683 e. The topological polar surface area (TPSA) is 0 Å². The Morgan fingerprint density at radius 2 is 1.48 bits per heavy atom. The largest absolute Gasteiger partial charge is 0.0683 e. The molecule has 0 heteroatoms. The van der Waals surface area contributed by atoms with E-state index < -0.39 is 0 Å². The number of hydrogen-bond donors (Lipinski definition) is 0. The highest BCUT2D eigenvalue weighted by molar-refractivity contribution is 4.99. The molecule has 0 heterocycles. The second kappa shape index (κ2) is 6.63. The highest BCUT2D eigenvalue weighted by Gasteiger charge is 2.49. The van der Waals surface area contributed by atoms with E-state index in [2.05, 4.69) is 27.7 Å². The van der Waals surface area contributed by atoms with Gasteiger partial charge in [0.25, 0.3) is 0 Å². The molecule has 0 amide bonds. The fourth-order valence-electron chi connectivity index (χ4n) is 6.18. The lowest BCUT2D eigenvalue weighted by Gasteiger charge is -2.55. The Kier molecular flexibility index (Phi) is 5.48.